The maximum Gasteiger partial charge on any atom is 0.258 e. The first-order valence-corrected chi connectivity index (χ1v) is 7.74. The molecule has 3 rings (SSSR count). The van der Waals surface area contributed by atoms with Crippen molar-refractivity contribution < 1.29 is 14.3 Å². The van der Waals surface area contributed by atoms with Gasteiger partial charge >= 0.3 is 0 Å². The summed E-state index contributed by atoms with van der Waals surface area (Å²) in [5.41, 5.74) is 0.818. The molecule has 0 saturated heterocycles. The number of carbonyl (C=O) groups excluding carboxylic acids is 1. The van der Waals surface area contributed by atoms with Gasteiger partial charge < -0.3 is 14.8 Å². The highest BCUT2D eigenvalue weighted by atomic mass is 16.5. The van der Waals surface area contributed by atoms with Crippen LogP contribution in [0.3, 0.4) is 0 Å². The standard InChI is InChI=1S/C19H18N2O3/c22-18(14-24-16-8-2-1-3-9-16)20-12-13-23-17-10-4-6-15-7-5-11-21-19(15)17/h1-11H,12-14H2,(H,20,22). The fourth-order valence-corrected chi connectivity index (χ4v) is 2.26. The molecule has 5 nitrogen and oxygen atoms in total. The summed E-state index contributed by atoms with van der Waals surface area (Å²) in [6.07, 6.45) is 1.73. The van der Waals surface area contributed by atoms with Crippen molar-refractivity contribution in [3.8, 4) is 11.5 Å². The number of carbonyl (C=O) groups is 1. The van der Waals surface area contributed by atoms with E-state index in [1.54, 1.807) is 6.20 Å². The van der Waals surface area contributed by atoms with Gasteiger partial charge in [-0.2, -0.15) is 0 Å². The Labute approximate surface area is 140 Å². The van der Waals surface area contributed by atoms with Gasteiger partial charge in [-0.3, -0.25) is 9.78 Å². The van der Waals surface area contributed by atoms with Gasteiger partial charge in [-0.15, -0.1) is 0 Å². The summed E-state index contributed by atoms with van der Waals surface area (Å²) in [6, 6.07) is 18.9. The number of nitrogens with zero attached hydrogens (tertiary/aromatic N) is 1. The smallest absolute Gasteiger partial charge is 0.258 e. The fourth-order valence-electron chi connectivity index (χ4n) is 2.26. The lowest BCUT2D eigenvalue weighted by atomic mass is 10.2. The molecule has 1 N–H and O–H groups in total. The maximum absolute atomic E-state index is 11.7. The molecule has 0 spiro atoms. The normalized spacial score (nSPS) is 10.3. The van der Waals surface area contributed by atoms with Crippen LogP contribution < -0.4 is 14.8 Å². The first kappa shape index (κ1) is 15.8. The molecule has 0 aliphatic rings. The zero-order valence-corrected chi connectivity index (χ0v) is 13.1. The summed E-state index contributed by atoms with van der Waals surface area (Å²) in [5.74, 6) is 1.20. The predicted molar refractivity (Wildman–Crippen MR) is 92.2 cm³/mol. The minimum absolute atomic E-state index is 0.0141. The third-order valence-corrected chi connectivity index (χ3v) is 3.39. The summed E-state index contributed by atoms with van der Waals surface area (Å²) in [4.78, 5) is 16.1. The first-order chi connectivity index (χ1) is 11.8. The number of amides is 1. The Kier molecular flexibility index (Phi) is 5.24. The summed E-state index contributed by atoms with van der Waals surface area (Å²) < 4.78 is 11.1. The molecular weight excluding hydrogens is 304 g/mol. The van der Waals surface area contributed by atoms with E-state index >= 15 is 0 Å². The molecule has 0 unspecified atom stereocenters. The van der Waals surface area contributed by atoms with Crippen molar-refractivity contribution in [2.75, 3.05) is 19.8 Å². The van der Waals surface area contributed by atoms with Gasteiger partial charge in [-0.25, -0.2) is 0 Å². The number of fused-ring (bicyclic) bond motifs is 1. The second-order valence-corrected chi connectivity index (χ2v) is 5.13. The highest BCUT2D eigenvalue weighted by Gasteiger charge is 2.04. The SMILES string of the molecule is O=C(COc1ccccc1)NCCOc1cccc2cccnc12. The average Bonchev–Trinajstić information content (AvgIpc) is 2.64. The molecule has 0 fully saturated rings. The molecule has 1 heterocycles. The molecule has 0 saturated carbocycles. The predicted octanol–water partition coefficient (Wildman–Crippen LogP) is 2.81. The van der Waals surface area contributed by atoms with Crippen molar-refractivity contribution in [2.24, 2.45) is 0 Å². The van der Waals surface area contributed by atoms with Crippen LogP contribution in [0.15, 0.2) is 66.9 Å². The number of hydrogen-bond acceptors (Lipinski definition) is 4. The maximum atomic E-state index is 11.7. The number of pyridine rings is 1. The van der Waals surface area contributed by atoms with Gasteiger partial charge in [0.1, 0.15) is 23.6 Å². The Morgan fingerprint density at radius 1 is 0.958 bits per heavy atom. The number of rotatable bonds is 7. The van der Waals surface area contributed by atoms with Crippen molar-refractivity contribution in [1.29, 1.82) is 0 Å². The van der Waals surface area contributed by atoms with Crippen LogP contribution in [0.4, 0.5) is 0 Å². The van der Waals surface area contributed by atoms with Crippen LogP contribution in [0.1, 0.15) is 0 Å². The van der Waals surface area contributed by atoms with Gasteiger partial charge in [0.25, 0.3) is 5.91 Å². The third-order valence-electron chi connectivity index (χ3n) is 3.39. The van der Waals surface area contributed by atoms with Crippen molar-refractivity contribution in [2.45, 2.75) is 0 Å². The van der Waals surface area contributed by atoms with Crippen molar-refractivity contribution >= 4 is 16.8 Å². The van der Waals surface area contributed by atoms with E-state index in [4.69, 9.17) is 9.47 Å². The Morgan fingerprint density at radius 3 is 2.67 bits per heavy atom. The van der Waals surface area contributed by atoms with E-state index in [2.05, 4.69) is 10.3 Å². The summed E-state index contributed by atoms with van der Waals surface area (Å²) in [6.45, 7) is 0.757. The molecule has 24 heavy (non-hydrogen) atoms. The molecular formula is C19H18N2O3. The van der Waals surface area contributed by atoms with Crippen LogP contribution in [0.5, 0.6) is 11.5 Å². The van der Waals surface area contributed by atoms with E-state index < -0.39 is 0 Å². The van der Waals surface area contributed by atoms with Gasteiger partial charge in [0.15, 0.2) is 6.61 Å². The lowest BCUT2D eigenvalue weighted by Gasteiger charge is -2.10. The lowest BCUT2D eigenvalue weighted by Crippen LogP contribution is -2.32. The minimum atomic E-state index is -0.182. The molecule has 1 aromatic heterocycles. The quantitative estimate of drug-likeness (QED) is 0.680. The molecule has 0 aliphatic heterocycles. The van der Waals surface area contributed by atoms with E-state index in [0.29, 0.717) is 24.7 Å². The number of hydrogen-bond donors (Lipinski definition) is 1. The van der Waals surface area contributed by atoms with Gasteiger partial charge in [0.2, 0.25) is 0 Å². The highest BCUT2D eigenvalue weighted by Crippen LogP contribution is 2.22. The molecule has 0 aliphatic carbocycles. The van der Waals surface area contributed by atoms with Crippen molar-refractivity contribution in [3.05, 3.63) is 66.9 Å². The first-order valence-electron chi connectivity index (χ1n) is 7.74. The minimum Gasteiger partial charge on any atom is -0.489 e. The molecule has 2 aromatic carbocycles. The van der Waals surface area contributed by atoms with Crippen LogP contribution in [0, 0.1) is 0 Å². The van der Waals surface area contributed by atoms with E-state index in [1.807, 2.05) is 60.7 Å². The number of aromatic nitrogens is 1. The van der Waals surface area contributed by atoms with Crippen LogP contribution in [-0.2, 0) is 4.79 Å². The molecule has 5 heteroatoms. The van der Waals surface area contributed by atoms with E-state index in [1.165, 1.54) is 0 Å². The summed E-state index contributed by atoms with van der Waals surface area (Å²) in [5, 5.41) is 3.79. The summed E-state index contributed by atoms with van der Waals surface area (Å²) >= 11 is 0. The van der Waals surface area contributed by atoms with Crippen molar-refractivity contribution in [1.82, 2.24) is 10.3 Å². The number of benzene rings is 2. The van der Waals surface area contributed by atoms with Gasteiger partial charge in [-0.05, 0) is 24.3 Å². The Balaban J connectivity index is 1.42. The summed E-state index contributed by atoms with van der Waals surface area (Å²) in [7, 11) is 0. The second-order valence-electron chi connectivity index (χ2n) is 5.13. The Bertz CT molecular complexity index is 801. The Morgan fingerprint density at radius 2 is 1.79 bits per heavy atom. The van der Waals surface area contributed by atoms with Crippen LogP contribution in [-0.4, -0.2) is 30.6 Å². The van der Waals surface area contributed by atoms with E-state index in [-0.39, 0.29) is 12.5 Å². The van der Waals surface area contributed by atoms with E-state index in [0.717, 1.165) is 10.9 Å². The van der Waals surface area contributed by atoms with E-state index in [9.17, 15) is 4.79 Å². The highest BCUT2D eigenvalue weighted by molar-refractivity contribution is 5.84. The van der Waals surface area contributed by atoms with Gasteiger partial charge in [0.05, 0.1) is 6.54 Å². The van der Waals surface area contributed by atoms with Gasteiger partial charge in [-0.1, -0.05) is 36.4 Å². The molecule has 1 amide bonds. The van der Waals surface area contributed by atoms with Crippen LogP contribution in [0.2, 0.25) is 0 Å². The second kappa shape index (κ2) is 7.97. The topological polar surface area (TPSA) is 60.5 Å². The van der Waals surface area contributed by atoms with Crippen LogP contribution >= 0.6 is 0 Å². The molecule has 3 aromatic rings. The molecule has 0 radical (unpaired) electrons. The number of ether oxygens (including phenoxy) is 2. The number of para-hydroxylation sites is 2. The average molecular weight is 322 g/mol. The lowest BCUT2D eigenvalue weighted by molar-refractivity contribution is -0.123. The fraction of sp³-hybridized carbons (Fsp3) is 0.158. The molecule has 0 bridgehead atoms. The zero-order chi connectivity index (χ0) is 16.6. The third kappa shape index (κ3) is 4.23. The molecule has 122 valence electrons. The van der Waals surface area contributed by atoms with Gasteiger partial charge in [0, 0.05) is 11.6 Å². The monoisotopic (exact) mass is 322 g/mol. The largest absolute Gasteiger partial charge is 0.489 e. The zero-order valence-electron chi connectivity index (χ0n) is 13.1. The van der Waals surface area contributed by atoms with Crippen molar-refractivity contribution in [3.63, 3.8) is 0 Å². The number of nitrogens with one attached hydrogen (secondary N) is 1. The molecule has 0 atom stereocenters. The Hall–Kier alpha value is -3.08. The van der Waals surface area contributed by atoms with Crippen LogP contribution in [0.25, 0.3) is 10.9 Å².